The van der Waals surface area contributed by atoms with E-state index >= 15 is 0 Å². The first-order chi connectivity index (χ1) is 8.02. The topological polar surface area (TPSA) is 39.4 Å². The van der Waals surface area contributed by atoms with Crippen LogP contribution in [0.4, 0.5) is 0 Å². The van der Waals surface area contributed by atoms with Gasteiger partial charge in [-0.15, -0.1) is 6.42 Å². The fraction of sp³-hybridized carbons (Fsp3) is 0.500. The number of furan rings is 1. The molecule has 0 fully saturated rings. The van der Waals surface area contributed by atoms with E-state index in [9.17, 15) is 4.79 Å². The third-order valence-electron chi connectivity index (χ3n) is 2.87. The Morgan fingerprint density at radius 3 is 3.00 bits per heavy atom. The quantitative estimate of drug-likeness (QED) is 0.594. The molecular formula is C14H16O3. The lowest BCUT2D eigenvalue weighted by Crippen LogP contribution is -2.25. The molecular weight excluding hydrogens is 216 g/mol. The molecule has 0 saturated carbocycles. The lowest BCUT2D eigenvalue weighted by Gasteiger charge is -2.26. The van der Waals surface area contributed by atoms with Crippen molar-refractivity contribution in [1.29, 1.82) is 0 Å². The lowest BCUT2D eigenvalue weighted by molar-refractivity contribution is 0.0901. The summed E-state index contributed by atoms with van der Waals surface area (Å²) in [5, 5.41) is 0. The molecule has 1 aromatic rings. The van der Waals surface area contributed by atoms with E-state index in [1.165, 1.54) is 0 Å². The number of carbonyl (C=O) groups excluding carboxylic acids is 1. The Hall–Kier alpha value is -1.53. The molecule has 0 radical (unpaired) electrons. The molecule has 3 heteroatoms. The van der Waals surface area contributed by atoms with Crippen LogP contribution in [0.25, 0.3) is 0 Å². The van der Waals surface area contributed by atoms with Crippen molar-refractivity contribution in [3.05, 3.63) is 23.2 Å². The molecule has 0 N–H and O–H groups in total. The predicted molar refractivity (Wildman–Crippen MR) is 63.6 cm³/mol. The van der Waals surface area contributed by atoms with E-state index in [1.807, 2.05) is 0 Å². The van der Waals surface area contributed by atoms with E-state index < -0.39 is 0 Å². The van der Waals surface area contributed by atoms with Gasteiger partial charge in [0, 0.05) is 12.8 Å². The molecule has 0 amide bonds. The predicted octanol–water partition coefficient (Wildman–Crippen LogP) is 2.58. The van der Waals surface area contributed by atoms with Crippen molar-refractivity contribution in [3.63, 3.8) is 0 Å². The zero-order valence-electron chi connectivity index (χ0n) is 10.2. The van der Waals surface area contributed by atoms with E-state index in [0.717, 1.165) is 12.2 Å². The minimum absolute atomic E-state index is 0.0150. The molecule has 1 aliphatic rings. The maximum Gasteiger partial charge on any atom is 0.166 e. The van der Waals surface area contributed by atoms with Crippen LogP contribution in [0.3, 0.4) is 0 Å². The highest BCUT2D eigenvalue weighted by atomic mass is 16.5. The van der Waals surface area contributed by atoms with Gasteiger partial charge in [0.15, 0.2) is 5.78 Å². The summed E-state index contributed by atoms with van der Waals surface area (Å²) in [6.07, 6.45) is 6.46. The number of ketones is 1. The lowest BCUT2D eigenvalue weighted by atomic mass is 9.77. The Kier molecular flexibility index (Phi) is 3.08. The molecule has 1 aliphatic carbocycles. The van der Waals surface area contributed by atoms with E-state index in [1.54, 1.807) is 6.07 Å². The van der Waals surface area contributed by atoms with E-state index in [0.29, 0.717) is 24.4 Å². The van der Waals surface area contributed by atoms with E-state index in [2.05, 4.69) is 19.8 Å². The van der Waals surface area contributed by atoms with Crippen LogP contribution in [-0.2, 0) is 17.8 Å². The summed E-state index contributed by atoms with van der Waals surface area (Å²) in [6, 6.07) is 1.78. The second-order valence-corrected chi connectivity index (χ2v) is 5.19. The van der Waals surface area contributed by atoms with Crippen LogP contribution in [0.1, 0.15) is 42.1 Å². The summed E-state index contributed by atoms with van der Waals surface area (Å²) in [7, 11) is 0. The first-order valence-corrected chi connectivity index (χ1v) is 5.68. The van der Waals surface area contributed by atoms with Gasteiger partial charge < -0.3 is 9.15 Å². The van der Waals surface area contributed by atoms with Crippen molar-refractivity contribution < 1.29 is 13.9 Å². The first-order valence-electron chi connectivity index (χ1n) is 5.68. The normalized spacial score (nSPS) is 17.6. The average Bonchev–Trinajstić information content (AvgIpc) is 2.59. The van der Waals surface area contributed by atoms with Crippen LogP contribution >= 0.6 is 0 Å². The van der Waals surface area contributed by atoms with Gasteiger partial charge in [0.05, 0.1) is 5.56 Å². The van der Waals surface area contributed by atoms with Crippen LogP contribution in [0.2, 0.25) is 0 Å². The molecule has 2 rings (SSSR count). The van der Waals surface area contributed by atoms with Gasteiger partial charge in [-0.1, -0.05) is 19.8 Å². The highest BCUT2D eigenvalue weighted by Crippen LogP contribution is 2.36. The van der Waals surface area contributed by atoms with Crippen LogP contribution < -0.4 is 0 Å². The Bertz CT molecular complexity index is 474. The van der Waals surface area contributed by atoms with Gasteiger partial charge in [-0.25, -0.2) is 0 Å². The highest BCUT2D eigenvalue weighted by Gasteiger charge is 2.33. The number of terminal acetylenes is 1. The summed E-state index contributed by atoms with van der Waals surface area (Å²) in [4.78, 5) is 11.9. The SMILES string of the molecule is C#CCOCc1cc2c(o1)CC(C)(C)CC2=O. The van der Waals surface area contributed by atoms with Gasteiger partial charge in [-0.3, -0.25) is 4.79 Å². The molecule has 17 heavy (non-hydrogen) atoms. The number of Topliss-reactive ketones (excluding diaryl/α,β-unsaturated/α-hetero) is 1. The zero-order valence-corrected chi connectivity index (χ0v) is 10.2. The molecule has 0 unspecified atom stereocenters. The molecule has 3 nitrogen and oxygen atoms in total. The van der Waals surface area contributed by atoms with Crippen molar-refractivity contribution in [1.82, 2.24) is 0 Å². The van der Waals surface area contributed by atoms with Crippen molar-refractivity contribution in [3.8, 4) is 12.3 Å². The number of rotatable bonds is 3. The minimum Gasteiger partial charge on any atom is -0.463 e. The summed E-state index contributed by atoms with van der Waals surface area (Å²) in [5.41, 5.74) is 0.697. The van der Waals surface area contributed by atoms with Gasteiger partial charge in [-0.05, 0) is 11.5 Å². The van der Waals surface area contributed by atoms with Crippen LogP contribution in [-0.4, -0.2) is 12.4 Å². The van der Waals surface area contributed by atoms with Crippen LogP contribution in [0.5, 0.6) is 0 Å². The maximum atomic E-state index is 11.9. The third-order valence-corrected chi connectivity index (χ3v) is 2.87. The van der Waals surface area contributed by atoms with Gasteiger partial charge >= 0.3 is 0 Å². The Labute approximate surface area is 101 Å². The monoisotopic (exact) mass is 232 g/mol. The van der Waals surface area contributed by atoms with Gasteiger partial charge in [-0.2, -0.15) is 0 Å². The van der Waals surface area contributed by atoms with E-state index in [4.69, 9.17) is 15.6 Å². The standard InChI is InChI=1S/C14H16O3/c1-4-5-16-9-10-6-11-12(15)7-14(2,3)8-13(11)17-10/h1,6H,5,7-9H2,2-3H3. The number of hydrogen-bond donors (Lipinski definition) is 0. The number of fused-ring (bicyclic) bond motifs is 1. The molecule has 90 valence electrons. The van der Waals surface area contributed by atoms with Gasteiger partial charge in [0.2, 0.25) is 0 Å². The average molecular weight is 232 g/mol. The second kappa shape index (κ2) is 4.38. The smallest absolute Gasteiger partial charge is 0.166 e. The molecule has 0 atom stereocenters. The number of hydrogen-bond acceptors (Lipinski definition) is 3. The second-order valence-electron chi connectivity index (χ2n) is 5.19. The molecule has 1 aromatic heterocycles. The van der Waals surface area contributed by atoms with Gasteiger partial charge in [0.1, 0.15) is 24.7 Å². The van der Waals surface area contributed by atoms with Crippen molar-refractivity contribution in [2.24, 2.45) is 5.41 Å². The summed E-state index contributed by atoms with van der Waals surface area (Å²) in [6.45, 7) is 4.73. The van der Waals surface area contributed by atoms with Crippen molar-refractivity contribution >= 4 is 5.78 Å². The third kappa shape index (κ3) is 2.59. The fourth-order valence-electron chi connectivity index (χ4n) is 2.16. The number of carbonyl (C=O) groups is 1. The van der Waals surface area contributed by atoms with Crippen molar-refractivity contribution in [2.75, 3.05) is 6.61 Å². The fourth-order valence-corrected chi connectivity index (χ4v) is 2.16. The molecule has 0 aromatic carbocycles. The molecule has 0 saturated heterocycles. The summed E-state index contributed by atoms with van der Waals surface area (Å²) in [5.74, 6) is 4.01. The minimum atomic E-state index is -0.0150. The van der Waals surface area contributed by atoms with Crippen molar-refractivity contribution in [2.45, 2.75) is 33.3 Å². The Balaban J connectivity index is 2.16. The van der Waals surface area contributed by atoms with Crippen LogP contribution in [0.15, 0.2) is 10.5 Å². The Morgan fingerprint density at radius 1 is 1.53 bits per heavy atom. The highest BCUT2D eigenvalue weighted by molar-refractivity contribution is 5.98. The number of ether oxygens (including phenoxy) is 1. The molecule has 0 spiro atoms. The summed E-state index contributed by atoms with van der Waals surface area (Å²) < 4.78 is 10.8. The largest absolute Gasteiger partial charge is 0.463 e. The zero-order chi connectivity index (χ0) is 12.5. The summed E-state index contributed by atoms with van der Waals surface area (Å²) >= 11 is 0. The Morgan fingerprint density at radius 2 is 2.29 bits per heavy atom. The molecule has 1 heterocycles. The van der Waals surface area contributed by atoms with Gasteiger partial charge in [0.25, 0.3) is 0 Å². The molecule has 0 aliphatic heterocycles. The first kappa shape index (κ1) is 11.9. The molecule has 0 bridgehead atoms. The maximum absolute atomic E-state index is 11.9. The van der Waals surface area contributed by atoms with Crippen LogP contribution in [0, 0.1) is 17.8 Å². The van der Waals surface area contributed by atoms with E-state index in [-0.39, 0.29) is 17.8 Å².